The third-order valence-electron chi connectivity index (χ3n) is 3.78. The highest BCUT2D eigenvalue weighted by Crippen LogP contribution is 2.17. The second kappa shape index (κ2) is 8.89. The Labute approximate surface area is 114 Å². The molecule has 0 bridgehead atoms. The Morgan fingerprint density at radius 2 is 1.83 bits per heavy atom. The van der Waals surface area contributed by atoms with Crippen LogP contribution in [0, 0.1) is 5.92 Å². The van der Waals surface area contributed by atoms with E-state index in [1.54, 1.807) is 0 Å². The summed E-state index contributed by atoms with van der Waals surface area (Å²) >= 11 is 0. The van der Waals surface area contributed by atoms with E-state index in [1.165, 1.54) is 25.8 Å². The van der Waals surface area contributed by atoms with Crippen LogP contribution in [0.2, 0.25) is 0 Å². The van der Waals surface area contributed by atoms with E-state index >= 15 is 0 Å². The summed E-state index contributed by atoms with van der Waals surface area (Å²) in [4.78, 5) is 2.44. The topological polar surface area (TPSA) is 35.5 Å². The molecule has 1 saturated carbocycles. The van der Waals surface area contributed by atoms with Crippen molar-refractivity contribution in [1.29, 1.82) is 0 Å². The minimum atomic E-state index is -0.0292. The quantitative estimate of drug-likeness (QED) is 0.813. The average molecular weight is 258 g/mol. The van der Waals surface area contributed by atoms with Crippen molar-refractivity contribution < 1.29 is 6.53 Å². The molecule has 110 valence electrons. The monoisotopic (exact) mass is 258 g/mol. The summed E-state index contributed by atoms with van der Waals surface area (Å²) in [5.41, 5.74) is 0. The van der Waals surface area contributed by atoms with Crippen molar-refractivity contribution in [3.05, 3.63) is 0 Å². The maximum Gasteiger partial charge on any atom is 0.0564 e. The van der Waals surface area contributed by atoms with Crippen molar-refractivity contribution in [2.75, 3.05) is 26.2 Å². The summed E-state index contributed by atoms with van der Waals surface area (Å²) in [7, 11) is 0. The van der Waals surface area contributed by atoms with Gasteiger partial charge in [0, 0.05) is 27.1 Å². The predicted octanol–water partition coefficient (Wildman–Crippen LogP) is 2.49. The predicted molar refractivity (Wildman–Crippen MR) is 79.9 cm³/mol. The van der Waals surface area contributed by atoms with Crippen molar-refractivity contribution in [2.24, 2.45) is 5.92 Å². The second-order valence-corrected chi connectivity index (χ2v) is 6.11. The van der Waals surface area contributed by atoms with E-state index in [0.717, 1.165) is 44.4 Å². The van der Waals surface area contributed by atoms with Crippen LogP contribution in [0.1, 0.15) is 54.3 Å². The zero-order valence-corrected chi connectivity index (χ0v) is 12.5. The van der Waals surface area contributed by atoms with Crippen LogP contribution >= 0.6 is 0 Å². The molecule has 3 heteroatoms. The molecule has 0 spiro atoms. The Morgan fingerprint density at radius 3 is 2.17 bits per heavy atom. The number of hydrogen-bond donors (Lipinski definition) is 2. The van der Waals surface area contributed by atoms with Gasteiger partial charge in [-0.15, -0.1) is 0 Å². The van der Waals surface area contributed by atoms with Gasteiger partial charge >= 0.3 is 0 Å². The van der Waals surface area contributed by atoms with E-state index in [0.29, 0.717) is 0 Å². The van der Waals surface area contributed by atoms with E-state index in [2.05, 4.69) is 31.0 Å². The summed E-state index contributed by atoms with van der Waals surface area (Å²) in [6.07, 6.45) is 6.16. The standard InChI is InChI=1S/C9H19NO.C6H13N.H2/c1-8(2)7-10-5-3-9(11)4-6-10;1-2-7-6-4-3-5-6;/h8-9,11H,3-7H2,1-2H3;6-7H,2-5H2,1H3;1H. The van der Waals surface area contributed by atoms with E-state index in [9.17, 15) is 5.11 Å². The molecule has 0 amide bonds. The number of hydrogen-bond acceptors (Lipinski definition) is 3. The molecule has 0 aromatic carbocycles. The van der Waals surface area contributed by atoms with Gasteiger partial charge in [0.25, 0.3) is 0 Å². The number of rotatable bonds is 4. The summed E-state index contributed by atoms with van der Waals surface area (Å²) in [5, 5.41) is 12.6. The fourth-order valence-electron chi connectivity index (χ4n) is 2.52. The Hall–Kier alpha value is -0.120. The molecule has 1 heterocycles. The molecule has 0 atom stereocenters. The van der Waals surface area contributed by atoms with Gasteiger partial charge in [-0.05, 0) is 38.1 Å². The lowest BCUT2D eigenvalue weighted by Crippen LogP contribution is -2.37. The summed E-state index contributed by atoms with van der Waals surface area (Å²) in [6, 6.07) is 0.880. The van der Waals surface area contributed by atoms with E-state index in [1.807, 2.05) is 0 Å². The molecule has 1 saturated heterocycles. The van der Waals surface area contributed by atoms with Crippen molar-refractivity contribution in [2.45, 2.75) is 65.0 Å². The molecule has 0 aromatic rings. The second-order valence-electron chi connectivity index (χ2n) is 6.11. The number of nitrogens with one attached hydrogen (secondary N) is 1. The van der Waals surface area contributed by atoms with E-state index in [4.69, 9.17) is 0 Å². The van der Waals surface area contributed by atoms with Gasteiger partial charge in [-0.1, -0.05) is 27.2 Å². The maximum absolute atomic E-state index is 9.23. The molecule has 0 unspecified atom stereocenters. The minimum Gasteiger partial charge on any atom is -0.393 e. The summed E-state index contributed by atoms with van der Waals surface area (Å²) < 4.78 is 0. The number of aliphatic hydroxyl groups excluding tert-OH is 1. The SMILES string of the molecule is CC(C)CN1CCC(O)CC1.CCNC1CCC1.[HH]. The van der Waals surface area contributed by atoms with Crippen LogP contribution in [0.4, 0.5) is 0 Å². The zero-order valence-electron chi connectivity index (χ0n) is 12.5. The Morgan fingerprint density at radius 1 is 1.22 bits per heavy atom. The highest BCUT2D eigenvalue weighted by molar-refractivity contribution is 4.74. The summed E-state index contributed by atoms with van der Waals surface area (Å²) in [6.45, 7) is 11.1. The van der Waals surface area contributed by atoms with Gasteiger partial charge in [0.05, 0.1) is 6.10 Å². The lowest BCUT2D eigenvalue weighted by atomic mass is 9.93. The van der Waals surface area contributed by atoms with Crippen LogP contribution in [0.5, 0.6) is 0 Å². The number of likely N-dealkylation sites (tertiary alicyclic amines) is 1. The Bertz CT molecular complexity index is 202. The van der Waals surface area contributed by atoms with Gasteiger partial charge in [-0.25, -0.2) is 0 Å². The highest BCUT2D eigenvalue weighted by Gasteiger charge is 2.16. The lowest BCUT2D eigenvalue weighted by molar-refractivity contribution is 0.0772. The van der Waals surface area contributed by atoms with E-state index in [-0.39, 0.29) is 7.53 Å². The molecule has 18 heavy (non-hydrogen) atoms. The van der Waals surface area contributed by atoms with Crippen molar-refractivity contribution in [3.63, 3.8) is 0 Å². The zero-order chi connectivity index (χ0) is 13.4. The molecule has 0 radical (unpaired) electrons. The molecule has 2 rings (SSSR count). The first-order chi connectivity index (χ1) is 8.61. The lowest BCUT2D eigenvalue weighted by Gasteiger charge is -2.30. The van der Waals surface area contributed by atoms with Gasteiger partial charge in [-0.2, -0.15) is 0 Å². The first kappa shape index (κ1) is 15.9. The van der Waals surface area contributed by atoms with Gasteiger partial charge in [-0.3, -0.25) is 0 Å². The van der Waals surface area contributed by atoms with Crippen molar-refractivity contribution in [1.82, 2.24) is 10.2 Å². The molecular weight excluding hydrogens is 224 g/mol. The first-order valence-electron chi connectivity index (χ1n) is 7.75. The smallest absolute Gasteiger partial charge is 0.0564 e. The first-order valence-corrected chi connectivity index (χ1v) is 7.75. The molecular formula is C15H34N2O. The van der Waals surface area contributed by atoms with Crippen LogP contribution in [0.15, 0.2) is 0 Å². The third-order valence-corrected chi connectivity index (χ3v) is 3.78. The fraction of sp³-hybridized carbons (Fsp3) is 1.00. The van der Waals surface area contributed by atoms with Crippen molar-refractivity contribution in [3.8, 4) is 0 Å². The number of aliphatic hydroxyl groups is 1. The van der Waals surface area contributed by atoms with Crippen LogP contribution in [0.25, 0.3) is 0 Å². The van der Waals surface area contributed by atoms with Crippen molar-refractivity contribution >= 4 is 0 Å². The van der Waals surface area contributed by atoms with Gasteiger partial charge in [0.2, 0.25) is 0 Å². The Kier molecular flexibility index (Phi) is 7.87. The minimum absolute atomic E-state index is 0. The maximum atomic E-state index is 9.23. The molecule has 0 aromatic heterocycles. The van der Waals surface area contributed by atoms with Crippen LogP contribution in [-0.2, 0) is 0 Å². The molecule has 1 aliphatic heterocycles. The highest BCUT2D eigenvalue weighted by atomic mass is 16.3. The van der Waals surface area contributed by atoms with E-state index < -0.39 is 0 Å². The Balaban J connectivity index is 0.000000352. The molecule has 2 fully saturated rings. The molecule has 2 aliphatic rings. The molecule has 2 N–H and O–H groups in total. The van der Waals surface area contributed by atoms with Crippen LogP contribution in [-0.4, -0.2) is 48.3 Å². The largest absolute Gasteiger partial charge is 0.393 e. The third kappa shape index (κ3) is 6.72. The number of piperidine rings is 1. The molecule has 1 aliphatic carbocycles. The normalized spacial score (nSPS) is 22.5. The number of nitrogens with zero attached hydrogens (tertiary/aromatic N) is 1. The average Bonchev–Trinajstić information content (AvgIpc) is 2.27. The van der Waals surface area contributed by atoms with Gasteiger partial charge in [0.1, 0.15) is 0 Å². The molecule has 3 nitrogen and oxygen atoms in total. The van der Waals surface area contributed by atoms with Crippen LogP contribution in [0.3, 0.4) is 0 Å². The van der Waals surface area contributed by atoms with Gasteiger partial charge in [0.15, 0.2) is 0 Å². The van der Waals surface area contributed by atoms with Gasteiger partial charge < -0.3 is 15.3 Å². The fourth-order valence-corrected chi connectivity index (χ4v) is 2.52. The van der Waals surface area contributed by atoms with Crippen LogP contribution < -0.4 is 5.32 Å². The summed E-state index contributed by atoms with van der Waals surface area (Å²) in [5.74, 6) is 0.755.